The molecule has 3 aromatic rings. The molecule has 1 unspecified atom stereocenters. The third-order valence-electron chi connectivity index (χ3n) is 6.06. The first-order valence-electron chi connectivity index (χ1n) is 11.5. The van der Waals surface area contributed by atoms with Gasteiger partial charge in [0.15, 0.2) is 0 Å². The van der Waals surface area contributed by atoms with Gasteiger partial charge in [-0.15, -0.1) is 11.3 Å². The van der Waals surface area contributed by atoms with Crippen LogP contribution in [0.4, 0.5) is 4.39 Å². The van der Waals surface area contributed by atoms with E-state index in [4.69, 9.17) is 4.74 Å². The van der Waals surface area contributed by atoms with Gasteiger partial charge >= 0.3 is 0 Å². The van der Waals surface area contributed by atoms with E-state index in [2.05, 4.69) is 0 Å². The van der Waals surface area contributed by atoms with Gasteiger partial charge in [0.25, 0.3) is 0 Å². The van der Waals surface area contributed by atoms with E-state index in [1.807, 2.05) is 60.5 Å². The highest BCUT2D eigenvalue weighted by atomic mass is 32.1. The minimum Gasteiger partial charge on any atom is -0.367 e. The molecule has 0 saturated carbocycles. The number of rotatable bonds is 8. The van der Waals surface area contributed by atoms with Crippen LogP contribution in [0.25, 0.3) is 0 Å². The average Bonchev–Trinajstić information content (AvgIpc) is 3.32. The first-order valence-corrected chi connectivity index (χ1v) is 12.3. The zero-order valence-corrected chi connectivity index (χ0v) is 20.3. The van der Waals surface area contributed by atoms with Gasteiger partial charge in [0.2, 0.25) is 11.8 Å². The fraction of sp³-hybridized carbons (Fsp3) is 0.333. The summed E-state index contributed by atoms with van der Waals surface area (Å²) in [6, 6.07) is 17.6. The maximum atomic E-state index is 13.6. The molecular weight excluding hydrogens is 451 g/mol. The van der Waals surface area contributed by atoms with Gasteiger partial charge in [-0.1, -0.05) is 42.5 Å². The van der Waals surface area contributed by atoms with Crippen molar-refractivity contribution in [3.05, 3.63) is 93.4 Å². The highest BCUT2D eigenvalue weighted by Gasteiger charge is 2.34. The molecule has 2 aromatic carbocycles. The molecular formula is C27H29FN2O3S. The van der Waals surface area contributed by atoms with Crippen LogP contribution in [0.5, 0.6) is 0 Å². The van der Waals surface area contributed by atoms with E-state index in [-0.39, 0.29) is 42.9 Å². The molecule has 0 radical (unpaired) electrons. The van der Waals surface area contributed by atoms with Crippen LogP contribution in [0.15, 0.2) is 66.0 Å². The number of carbonyl (C=O) groups is 2. The Morgan fingerprint density at radius 1 is 1.12 bits per heavy atom. The van der Waals surface area contributed by atoms with Crippen molar-refractivity contribution in [3.63, 3.8) is 0 Å². The predicted octanol–water partition coefficient (Wildman–Crippen LogP) is 4.82. The average molecular weight is 481 g/mol. The van der Waals surface area contributed by atoms with Crippen molar-refractivity contribution in [2.45, 2.75) is 39.0 Å². The molecule has 7 heteroatoms. The molecule has 1 aliphatic heterocycles. The number of nitrogens with zero attached hydrogens (tertiary/aromatic N) is 2. The summed E-state index contributed by atoms with van der Waals surface area (Å²) in [4.78, 5) is 31.1. The molecule has 1 aliphatic rings. The molecule has 0 bridgehead atoms. The van der Waals surface area contributed by atoms with Crippen LogP contribution in [-0.4, -0.2) is 47.4 Å². The predicted molar refractivity (Wildman–Crippen MR) is 131 cm³/mol. The summed E-state index contributed by atoms with van der Waals surface area (Å²) in [6.07, 6.45) is 0.770. The molecule has 178 valence electrons. The first kappa shape index (κ1) is 24.1. The van der Waals surface area contributed by atoms with E-state index in [9.17, 15) is 14.0 Å². The third kappa shape index (κ3) is 5.54. The van der Waals surface area contributed by atoms with Crippen LogP contribution < -0.4 is 0 Å². The maximum absolute atomic E-state index is 13.6. The van der Waals surface area contributed by atoms with Crippen molar-refractivity contribution in [2.24, 2.45) is 0 Å². The molecule has 1 aromatic heterocycles. The lowest BCUT2D eigenvalue weighted by atomic mass is 9.93. The van der Waals surface area contributed by atoms with Gasteiger partial charge in [-0.25, -0.2) is 4.39 Å². The fourth-order valence-electron chi connectivity index (χ4n) is 4.30. The van der Waals surface area contributed by atoms with Crippen LogP contribution in [0.2, 0.25) is 0 Å². The fourth-order valence-corrected chi connectivity index (χ4v) is 5.20. The Labute approximate surface area is 203 Å². The van der Waals surface area contributed by atoms with Crippen molar-refractivity contribution in [2.75, 3.05) is 19.7 Å². The number of ether oxygens (including phenoxy) is 1. The molecule has 2 amide bonds. The van der Waals surface area contributed by atoms with Crippen LogP contribution in [0.1, 0.15) is 41.5 Å². The molecule has 0 aliphatic carbocycles. The molecule has 0 saturated heterocycles. The first-order chi connectivity index (χ1) is 16.4. The summed E-state index contributed by atoms with van der Waals surface area (Å²) in [5, 5.41) is 2.03. The van der Waals surface area contributed by atoms with Gasteiger partial charge in [0.1, 0.15) is 19.0 Å². The van der Waals surface area contributed by atoms with Crippen LogP contribution in [0, 0.1) is 5.82 Å². The number of amides is 2. The lowest BCUT2D eigenvalue weighted by Crippen LogP contribution is -2.49. The van der Waals surface area contributed by atoms with E-state index < -0.39 is 0 Å². The Balaban J connectivity index is 1.47. The minimum atomic E-state index is -0.310. The zero-order chi connectivity index (χ0) is 24.1. The topological polar surface area (TPSA) is 49.9 Å². The summed E-state index contributed by atoms with van der Waals surface area (Å²) in [5.74, 6) is -0.655. The molecule has 2 heterocycles. The summed E-state index contributed by atoms with van der Waals surface area (Å²) < 4.78 is 19.2. The van der Waals surface area contributed by atoms with Gasteiger partial charge in [-0.2, -0.15) is 0 Å². The van der Waals surface area contributed by atoms with Gasteiger partial charge in [0, 0.05) is 17.5 Å². The van der Waals surface area contributed by atoms with Crippen LogP contribution in [0.3, 0.4) is 0 Å². The lowest BCUT2D eigenvalue weighted by molar-refractivity contribution is -0.146. The smallest absolute Gasteiger partial charge is 0.249 e. The molecule has 1 atom stereocenters. The van der Waals surface area contributed by atoms with Gasteiger partial charge in [-0.05, 0) is 60.5 Å². The number of fused-ring (bicyclic) bond motifs is 1. The van der Waals surface area contributed by atoms with Crippen molar-refractivity contribution >= 4 is 23.2 Å². The Hall–Kier alpha value is -3.03. The maximum Gasteiger partial charge on any atom is 0.249 e. The van der Waals surface area contributed by atoms with Gasteiger partial charge < -0.3 is 14.5 Å². The Bertz CT molecular complexity index is 1110. The summed E-state index contributed by atoms with van der Waals surface area (Å²) in [7, 11) is 0. The van der Waals surface area contributed by atoms with E-state index in [1.54, 1.807) is 28.4 Å². The number of benzene rings is 2. The Kier molecular flexibility index (Phi) is 7.75. The number of thiophene rings is 1. The molecule has 4 rings (SSSR count). The third-order valence-corrected chi connectivity index (χ3v) is 7.05. The number of carbonyl (C=O) groups excluding carboxylic acids is 2. The second-order valence-corrected chi connectivity index (χ2v) is 9.68. The summed E-state index contributed by atoms with van der Waals surface area (Å²) in [5.41, 5.74) is 2.93. The normalized spacial score (nSPS) is 15.3. The minimum absolute atomic E-state index is 0.0254. The van der Waals surface area contributed by atoms with Gasteiger partial charge in [-0.3, -0.25) is 9.59 Å². The van der Waals surface area contributed by atoms with Crippen molar-refractivity contribution in [1.29, 1.82) is 0 Å². The molecule has 0 fully saturated rings. The summed E-state index contributed by atoms with van der Waals surface area (Å²) >= 11 is 1.68. The van der Waals surface area contributed by atoms with E-state index >= 15 is 0 Å². The van der Waals surface area contributed by atoms with Crippen LogP contribution >= 0.6 is 11.3 Å². The van der Waals surface area contributed by atoms with Gasteiger partial charge in [0.05, 0.1) is 12.6 Å². The largest absolute Gasteiger partial charge is 0.367 e. The zero-order valence-electron chi connectivity index (χ0n) is 19.4. The monoisotopic (exact) mass is 480 g/mol. The lowest BCUT2D eigenvalue weighted by Gasteiger charge is -2.38. The van der Waals surface area contributed by atoms with Crippen molar-refractivity contribution in [3.8, 4) is 0 Å². The van der Waals surface area contributed by atoms with Crippen molar-refractivity contribution < 1.29 is 18.7 Å². The summed E-state index contributed by atoms with van der Waals surface area (Å²) in [6.45, 7) is 4.57. The SMILES string of the molecule is CC(C)N(CC(=O)N1CCc2sccc2C1c1ccc(F)cc1)C(=O)COCc1ccccc1. The number of hydrogen-bond acceptors (Lipinski definition) is 4. The molecule has 5 nitrogen and oxygen atoms in total. The van der Waals surface area contributed by atoms with Crippen LogP contribution in [-0.2, 0) is 27.4 Å². The number of halogens is 1. The quantitative estimate of drug-likeness (QED) is 0.465. The van der Waals surface area contributed by atoms with E-state index in [1.165, 1.54) is 17.0 Å². The molecule has 0 spiro atoms. The molecule has 0 N–H and O–H groups in total. The Morgan fingerprint density at radius 3 is 2.56 bits per heavy atom. The highest BCUT2D eigenvalue weighted by molar-refractivity contribution is 7.10. The second kappa shape index (κ2) is 10.9. The number of hydrogen-bond donors (Lipinski definition) is 0. The molecule has 34 heavy (non-hydrogen) atoms. The second-order valence-electron chi connectivity index (χ2n) is 8.68. The van der Waals surface area contributed by atoms with Crippen molar-refractivity contribution in [1.82, 2.24) is 9.80 Å². The Morgan fingerprint density at radius 2 is 1.85 bits per heavy atom. The standard InChI is InChI=1S/C27H29FN2O3S/c1-19(2)30(26(32)18-33-17-20-6-4-3-5-7-20)16-25(31)29-14-12-24-23(13-15-34-24)27(29)21-8-10-22(28)11-9-21/h3-11,13,15,19,27H,12,14,16-18H2,1-2H3. The highest BCUT2D eigenvalue weighted by Crippen LogP contribution is 2.38. The van der Waals surface area contributed by atoms with E-state index in [0.29, 0.717) is 13.2 Å². The van der Waals surface area contributed by atoms with E-state index in [0.717, 1.165) is 23.1 Å².